The summed E-state index contributed by atoms with van der Waals surface area (Å²) in [6.45, 7) is 2.07. The highest BCUT2D eigenvalue weighted by molar-refractivity contribution is 7.88. The van der Waals surface area contributed by atoms with Gasteiger partial charge in [0.2, 0.25) is 16.4 Å². The van der Waals surface area contributed by atoms with Gasteiger partial charge in [0, 0.05) is 36.2 Å². The summed E-state index contributed by atoms with van der Waals surface area (Å²) in [5.74, 6) is 0.259. The van der Waals surface area contributed by atoms with E-state index in [1.165, 1.54) is 22.3 Å². The van der Waals surface area contributed by atoms with Gasteiger partial charge in [0.15, 0.2) is 5.69 Å². The lowest BCUT2D eigenvalue weighted by molar-refractivity contribution is -0.699. The predicted octanol–water partition coefficient (Wildman–Crippen LogP) is 8.18. The minimum Gasteiger partial charge on any atom is -0.393 e. The maximum Gasteiger partial charge on any atom is 0.250 e. The number of hydrogen-bond donors (Lipinski definition) is 2. The first-order chi connectivity index (χ1) is 30.3. The number of aromatic nitrogens is 4. The van der Waals surface area contributed by atoms with Gasteiger partial charge in [-0.3, -0.25) is 0 Å². The molecular weight excluding hydrogens is 795 g/mol. The van der Waals surface area contributed by atoms with Gasteiger partial charge in [-0.05, 0) is 91.7 Å². The molecule has 1 aliphatic carbocycles. The summed E-state index contributed by atoms with van der Waals surface area (Å²) in [7, 11) is -3.44. The molecule has 0 amide bonds. The fraction of sp³-hybridized carbons (Fsp3) is 0.373. The molecule has 2 N–H and O–H groups in total. The number of allylic oxidation sites excluding steroid dienone is 1. The molecule has 4 unspecified atom stereocenters. The molecule has 4 aromatic carbocycles. The maximum absolute atomic E-state index is 13.2. The van der Waals surface area contributed by atoms with E-state index >= 15 is 0 Å². The number of piperidine rings is 1. The van der Waals surface area contributed by atoms with Gasteiger partial charge >= 0.3 is 0 Å². The molecule has 3 aliphatic heterocycles. The van der Waals surface area contributed by atoms with Crippen LogP contribution in [0.15, 0.2) is 140 Å². The third-order valence-electron chi connectivity index (χ3n) is 14.1. The first-order valence-electron chi connectivity index (χ1n) is 22.4. The van der Waals surface area contributed by atoms with E-state index in [-0.39, 0.29) is 29.7 Å². The van der Waals surface area contributed by atoms with Gasteiger partial charge in [0.1, 0.15) is 17.9 Å². The Bertz CT molecular complexity index is 2640. The topological polar surface area (TPSA) is 114 Å². The molecule has 4 aliphatic rings. The van der Waals surface area contributed by atoms with E-state index in [0.717, 1.165) is 59.4 Å². The van der Waals surface area contributed by atoms with Crippen molar-refractivity contribution in [3.63, 3.8) is 0 Å². The summed E-state index contributed by atoms with van der Waals surface area (Å²) in [4.78, 5) is 4.48. The van der Waals surface area contributed by atoms with Crippen LogP contribution >= 0.6 is 0 Å². The Morgan fingerprint density at radius 3 is 2.26 bits per heavy atom. The van der Waals surface area contributed by atoms with E-state index in [1.54, 1.807) is 4.31 Å². The van der Waals surface area contributed by atoms with Crippen molar-refractivity contribution in [2.75, 3.05) is 19.7 Å². The average Bonchev–Trinajstić information content (AvgIpc) is 4.08. The molecule has 2 aromatic heterocycles. The van der Waals surface area contributed by atoms with E-state index in [2.05, 4.69) is 91.9 Å². The van der Waals surface area contributed by atoms with Gasteiger partial charge in [0.05, 0.1) is 55.4 Å². The van der Waals surface area contributed by atoms with Crippen LogP contribution < -0.4 is 4.57 Å². The lowest BCUT2D eigenvalue weighted by Gasteiger charge is -2.34. The van der Waals surface area contributed by atoms with E-state index in [1.807, 2.05) is 61.1 Å². The standard InChI is InChI=1S/C51H56N5O5S/c57-50(39-17-15-36(16-18-39)23-26-61-32-37-9-3-1-4-10-37)28-46-42-13-7-8-14-43(42)49-31-53(35-56(46)49)41-19-20-44-45(27-41)47(55-34-52-30-48(44)55)29-51(58)40-21-24-54(25-22-40)62(59,60)33-38-11-5-2-6-12-38/h1-14,19-20,23,27,30-31,34-35,39-40,46-47,50-51,57-58H,15-18,21-22,24-26,28-29,32-33H2/q+1. The van der Waals surface area contributed by atoms with E-state index < -0.39 is 22.2 Å². The summed E-state index contributed by atoms with van der Waals surface area (Å²) in [6, 6.07) is 34.7. The van der Waals surface area contributed by atoms with Gasteiger partial charge in [-0.1, -0.05) is 96.6 Å². The Morgan fingerprint density at radius 1 is 0.790 bits per heavy atom. The molecule has 10 rings (SSSR count). The van der Waals surface area contributed by atoms with Crippen molar-refractivity contribution in [3.8, 4) is 28.2 Å². The Labute approximate surface area is 364 Å². The molecule has 11 heteroatoms. The minimum atomic E-state index is -3.44. The fourth-order valence-electron chi connectivity index (χ4n) is 10.6. The van der Waals surface area contributed by atoms with Crippen LogP contribution in [-0.4, -0.2) is 69.0 Å². The zero-order chi connectivity index (χ0) is 42.2. The molecule has 6 aromatic rings. The van der Waals surface area contributed by atoms with Crippen LogP contribution in [0.2, 0.25) is 0 Å². The highest BCUT2D eigenvalue weighted by Crippen LogP contribution is 2.44. The van der Waals surface area contributed by atoms with E-state index in [0.29, 0.717) is 52.0 Å². The number of rotatable bonds is 14. The number of ether oxygens (including phenoxy) is 1. The normalized spacial score (nSPS) is 20.9. The van der Waals surface area contributed by atoms with Gasteiger partial charge in [-0.2, -0.15) is 0 Å². The number of sulfonamides is 1. The third-order valence-corrected chi connectivity index (χ3v) is 15.9. The molecule has 10 nitrogen and oxygen atoms in total. The summed E-state index contributed by atoms with van der Waals surface area (Å²) in [5.41, 5.74) is 11.4. The lowest BCUT2D eigenvalue weighted by atomic mass is 9.80. The minimum absolute atomic E-state index is 0.00364. The van der Waals surface area contributed by atoms with Crippen molar-refractivity contribution in [3.05, 3.63) is 162 Å². The van der Waals surface area contributed by atoms with Crippen molar-refractivity contribution in [2.45, 2.75) is 88.0 Å². The van der Waals surface area contributed by atoms with Crippen molar-refractivity contribution in [1.82, 2.24) is 18.4 Å². The Morgan fingerprint density at radius 2 is 1.48 bits per heavy atom. The van der Waals surface area contributed by atoms with Crippen LogP contribution in [0.1, 0.15) is 85.7 Å². The Balaban J connectivity index is 0.809. The number of benzene rings is 4. The SMILES string of the molecule is O=S(=O)(Cc1ccccc1)N1CCC(C(O)CC2c3cc(-n4cc5[n+](c4)C(CC(O)C4CCC(=CCOCc6ccccc6)CC4)c4ccccc4-5)ccc3-c3cncn32)CC1. The van der Waals surface area contributed by atoms with Crippen LogP contribution in [-0.2, 0) is 27.1 Å². The number of imidazole rings is 2. The van der Waals surface area contributed by atoms with Gasteiger partial charge in [-0.15, -0.1) is 0 Å². The van der Waals surface area contributed by atoms with Crippen LogP contribution in [0.5, 0.6) is 0 Å². The molecular formula is C51H56N5O5S+. The molecule has 0 bridgehead atoms. The molecule has 1 saturated heterocycles. The van der Waals surface area contributed by atoms with E-state index in [4.69, 9.17) is 4.74 Å². The van der Waals surface area contributed by atoms with Crippen LogP contribution in [0.25, 0.3) is 28.2 Å². The second-order valence-corrected chi connectivity index (χ2v) is 19.8. The summed E-state index contributed by atoms with van der Waals surface area (Å²) in [5, 5.41) is 23.5. The smallest absolute Gasteiger partial charge is 0.250 e. The number of nitrogens with zero attached hydrogens (tertiary/aromatic N) is 5. The molecule has 0 spiro atoms. The summed E-state index contributed by atoms with van der Waals surface area (Å²) in [6.07, 6.45) is 15.8. The highest BCUT2D eigenvalue weighted by atomic mass is 32.2. The second kappa shape index (κ2) is 17.5. The zero-order valence-electron chi connectivity index (χ0n) is 35.1. The van der Waals surface area contributed by atoms with Crippen molar-refractivity contribution < 1.29 is 27.9 Å². The van der Waals surface area contributed by atoms with Gasteiger partial charge < -0.3 is 19.5 Å². The second-order valence-electron chi connectivity index (χ2n) is 17.8. The lowest BCUT2D eigenvalue weighted by Crippen LogP contribution is -2.42. The largest absolute Gasteiger partial charge is 0.393 e. The van der Waals surface area contributed by atoms with Crippen molar-refractivity contribution in [1.29, 1.82) is 0 Å². The van der Waals surface area contributed by atoms with Crippen LogP contribution in [0.3, 0.4) is 0 Å². The molecule has 4 atom stereocenters. The monoisotopic (exact) mass is 850 g/mol. The number of fused-ring (bicyclic) bond motifs is 6. The Kier molecular flexibility index (Phi) is 11.6. The van der Waals surface area contributed by atoms with Gasteiger partial charge in [-0.25, -0.2) is 26.8 Å². The van der Waals surface area contributed by atoms with Crippen LogP contribution in [0, 0.1) is 11.8 Å². The molecule has 2 fully saturated rings. The van der Waals surface area contributed by atoms with E-state index in [9.17, 15) is 18.6 Å². The fourth-order valence-corrected chi connectivity index (χ4v) is 12.2. The molecule has 62 heavy (non-hydrogen) atoms. The molecule has 1 saturated carbocycles. The quantitative estimate of drug-likeness (QED) is 0.0650. The number of hydrogen-bond acceptors (Lipinski definition) is 6. The third kappa shape index (κ3) is 8.24. The summed E-state index contributed by atoms with van der Waals surface area (Å²) < 4.78 is 40.8. The van der Waals surface area contributed by atoms with Crippen molar-refractivity contribution in [2.24, 2.45) is 11.8 Å². The number of aliphatic hydroxyl groups is 2. The first kappa shape index (κ1) is 40.9. The van der Waals surface area contributed by atoms with Crippen molar-refractivity contribution >= 4 is 10.0 Å². The van der Waals surface area contributed by atoms with Gasteiger partial charge in [0.25, 0.3) is 0 Å². The molecule has 0 radical (unpaired) electrons. The number of aliphatic hydroxyl groups excluding tert-OH is 2. The van der Waals surface area contributed by atoms with Crippen LogP contribution in [0.4, 0.5) is 0 Å². The maximum atomic E-state index is 13.2. The first-order valence-corrected chi connectivity index (χ1v) is 24.0. The zero-order valence-corrected chi connectivity index (χ0v) is 35.9. The molecule has 320 valence electrons. The summed E-state index contributed by atoms with van der Waals surface area (Å²) >= 11 is 0. The highest BCUT2D eigenvalue weighted by Gasteiger charge is 2.40. The average molecular weight is 851 g/mol. The Hall–Kier alpha value is -5.17. The molecule has 5 heterocycles. The predicted molar refractivity (Wildman–Crippen MR) is 240 cm³/mol.